The quantitative estimate of drug-likeness (QED) is 0.796. The topological polar surface area (TPSA) is 41.6 Å². The molecule has 1 aromatic carbocycles. The van der Waals surface area contributed by atoms with Crippen LogP contribution in [0.5, 0.6) is 0 Å². The van der Waals surface area contributed by atoms with Crippen molar-refractivity contribution in [2.75, 3.05) is 32.8 Å². The first-order chi connectivity index (χ1) is 11.6. The van der Waals surface area contributed by atoms with Crippen molar-refractivity contribution in [1.29, 1.82) is 0 Å². The van der Waals surface area contributed by atoms with Gasteiger partial charge in [0.25, 0.3) is 0 Å². The summed E-state index contributed by atoms with van der Waals surface area (Å²) in [5.74, 6) is 0.665. The summed E-state index contributed by atoms with van der Waals surface area (Å²) in [4.78, 5) is 14.6. The minimum Gasteiger partial charge on any atom is -0.379 e. The molecule has 24 heavy (non-hydrogen) atoms. The summed E-state index contributed by atoms with van der Waals surface area (Å²) >= 11 is 0. The number of morpholine rings is 1. The molecule has 0 spiro atoms. The third-order valence-corrected chi connectivity index (χ3v) is 4.86. The van der Waals surface area contributed by atoms with Crippen LogP contribution in [0.1, 0.15) is 38.3 Å². The van der Waals surface area contributed by atoms with Crippen LogP contribution in [0, 0.1) is 5.92 Å². The SMILES string of the molecule is CCc1ccc(CCC(=O)NCC(C(C)C)N2CCOCC2)cc1. The van der Waals surface area contributed by atoms with Gasteiger partial charge in [0.1, 0.15) is 0 Å². The van der Waals surface area contributed by atoms with Crippen LogP contribution in [-0.2, 0) is 22.4 Å². The van der Waals surface area contributed by atoms with Crippen molar-refractivity contribution in [2.24, 2.45) is 5.92 Å². The van der Waals surface area contributed by atoms with E-state index in [1.54, 1.807) is 0 Å². The minimum absolute atomic E-state index is 0.147. The summed E-state index contributed by atoms with van der Waals surface area (Å²) in [6.07, 6.45) is 2.41. The zero-order chi connectivity index (χ0) is 17.4. The molecular formula is C20H32N2O2. The Bertz CT molecular complexity index is 493. The highest BCUT2D eigenvalue weighted by atomic mass is 16.5. The lowest BCUT2D eigenvalue weighted by molar-refractivity contribution is -0.121. The average Bonchev–Trinajstić information content (AvgIpc) is 2.61. The fraction of sp³-hybridized carbons (Fsp3) is 0.650. The normalized spacial score (nSPS) is 17.0. The van der Waals surface area contributed by atoms with Crippen LogP contribution in [0.25, 0.3) is 0 Å². The van der Waals surface area contributed by atoms with E-state index in [9.17, 15) is 4.79 Å². The fourth-order valence-corrected chi connectivity index (χ4v) is 3.20. The molecule has 1 aliphatic heterocycles. The van der Waals surface area contributed by atoms with E-state index in [1.807, 2.05) is 0 Å². The zero-order valence-electron chi connectivity index (χ0n) is 15.4. The van der Waals surface area contributed by atoms with E-state index in [1.165, 1.54) is 11.1 Å². The monoisotopic (exact) mass is 332 g/mol. The van der Waals surface area contributed by atoms with Crippen molar-refractivity contribution in [2.45, 2.75) is 46.1 Å². The van der Waals surface area contributed by atoms with Crippen molar-refractivity contribution in [1.82, 2.24) is 10.2 Å². The molecule has 1 unspecified atom stereocenters. The molecule has 0 aliphatic carbocycles. The summed E-state index contributed by atoms with van der Waals surface area (Å²) in [5, 5.41) is 3.13. The Morgan fingerprint density at radius 3 is 2.38 bits per heavy atom. The molecule has 1 aromatic rings. The number of carbonyl (C=O) groups is 1. The van der Waals surface area contributed by atoms with Gasteiger partial charge in [-0.2, -0.15) is 0 Å². The molecule has 4 heteroatoms. The number of nitrogens with one attached hydrogen (secondary N) is 1. The fourth-order valence-electron chi connectivity index (χ4n) is 3.20. The summed E-state index contributed by atoms with van der Waals surface area (Å²) in [6.45, 7) is 10.8. The number of aryl methyl sites for hydroxylation is 2. The lowest BCUT2D eigenvalue weighted by atomic mass is 10.0. The third-order valence-electron chi connectivity index (χ3n) is 4.86. The van der Waals surface area contributed by atoms with Crippen molar-refractivity contribution < 1.29 is 9.53 Å². The maximum absolute atomic E-state index is 12.2. The molecule has 2 rings (SSSR count). The molecule has 0 radical (unpaired) electrons. The van der Waals surface area contributed by atoms with Gasteiger partial charge in [0, 0.05) is 32.1 Å². The molecule has 4 nitrogen and oxygen atoms in total. The Morgan fingerprint density at radius 1 is 1.17 bits per heavy atom. The molecule has 0 saturated carbocycles. The number of ether oxygens (including phenoxy) is 1. The second-order valence-electron chi connectivity index (χ2n) is 6.93. The highest BCUT2D eigenvalue weighted by molar-refractivity contribution is 5.76. The van der Waals surface area contributed by atoms with Crippen molar-refractivity contribution >= 4 is 5.91 Å². The van der Waals surface area contributed by atoms with Gasteiger partial charge in [-0.15, -0.1) is 0 Å². The molecule has 1 atom stereocenters. The van der Waals surface area contributed by atoms with Crippen LogP contribution >= 0.6 is 0 Å². The number of hydrogen-bond acceptors (Lipinski definition) is 3. The van der Waals surface area contributed by atoms with E-state index in [2.05, 4.69) is 55.3 Å². The van der Waals surface area contributed by atoms with Crippen LogP contribution in [0.4, 0.5) is 0 Å². The van der Waals surface area contributed by atoms with Crippen LogP contribution in [0.2, 0.25) is 0 Å². The lowest BCUT2D eigenvalue weighted by Crippen LogP contribution is -2.51. The number of benzene rings is 1. The van der Waals surface area contributed by atoms with Crippen LogP contribution in [0.15, 0.2) is 24.3 Å². The van der Waals surface area contributed by atoms with E-state index < -0.39 is 0 Å². The Morgan fingerprint density at radius 2 is 1.79 bits per heavy atom. The Labute approximate surface area is 146 Å². The molecule has 1 aliphatic rings. The number of rotatable bonds is 8. The maximum Gasteiger partial charge on any atom is 0.220 e. The lowest BCUT2D eigenvalue weighted by Gasteiger charge is -2.36. The minimum atomic E-state index is 0.147. The smallest absolute Gasteiger partial charge is 0.220 e. The first kappa shape index (κ1) is 18.9. The molecule has 1 amide bonds. The van der Waals surface area contributed by atoms with Crippen molar-refractivity contribution in [3.63, 3.8) is 0 Å². The average molecular weight is 332 g/mol. The number of carbonyl (C=O) groups excluding carboxylic acids is 1. The van der Waals surface area contributed by atoms with Crippen molar-refractivity contribution in [3.05, 3.63) is 35.4 Å². The first-order valence-electron chi connectivity index (χ1n) is 9.26. The first-order valence-corrected chi connectivity index (χ1v) is 9.26. The van der Waals surface area contributed by atoms with Crippen LogP contribution in [0.3, 0.4) is 0 Å². The van der Waals surface area contributed by atoms with Gasteiger partial charge in [0.05, 0.1) is 13.2 Å². The Hall–Kier alpha value is -1.39. The highest BCUT2D eigenvalue weighted by Crippen LogP contribution is 2.12. The summed E-state index contributed by atoms with van der Waals surface area (Å²) in [7, 11) is 0. The highest BCUT2D eigenvalue weighted by Gasteiger charge is 2.24. The van der Waals surface area contributed by atoms with E-state index in [0.717, 1.165) is 45.7 Å². The van der Waals surface area contributed by atoms with Gasteiger partial charge >= 0.3 is 0 Å². The van der Waals surface area contributed by atoms with E-state index in [0.29, 0.717) is 18.4 Å². The van der Waals surface area contributed by atoms with Gasteiger partial charge in [-0.25, -0.2) is 0 Å². The van der Waals surface area contributed by atoms with Gasteiger partial charge in [-0.05, 0) is 29.9 Å². The molecular weight excluding hydrogens is 300 g/mol. The molecule has 0 aromatic heterocycles. The standard InChI is InChI=1S/C20H32N2O2/c1-4-17-5-7-18(8-6-17)9-10-20(23)21-15-19(16(2)3)22-11-13-24-14-12-22/h5-8,16,19H,4,9-15H2,1-3H3,(H,21,23). The van der Waals surface area contributed by atoms with Crippen LogP contribution < -0.4 is 5.32 Å². The summed E-state index contributed by atoms with van der Waals surface area (Å²) in [6, 6.07) is 8.97. The van der Waals surface area contributed by atoms with Gasteiger partial charge in [-0.3, -0.25) is 9.69 Å². The summed E-state index contributed by atoms with van der Waals surface area (Å²) in [5.41, 5.74) is 2.57. The maximum atomic E-state index is 12.2. The van der Waals surface area contributed by atoms with Crippen LogP contribution in [-0.4, -0.2) is 49.7 Å². The third kappa shape index (κ3) is 5.91. The predicted molar refractivity (Wildman–Crippen MR) is 98.2 cm³/mol. The predicted octanol–water partition coefficient (Wildman–Crippen LogP) is 2.65. The van der Waals surface area contributed by atoms with E-state index in [-0.39, 0.29) is 5.91 Å². The summed E-state index contributed by atoms with van der Waals surface area (Å²) < 4.78 is 5.43. The van der Waals surface area contributed by atoms with E-state index in [4.69, 9.17) is 4.74 Å². The molecule has 1 fully saturated rings. The second-order valence-corrected chi connectivity index (χ2v) is 6.93. The number of nitrogens with zero attached hydrogens (tertiary/aromatic N) is 1. The molecule has 1 N–H and O–H groups in total. The molecule has 1 saturated heterocycles. The Kier molecular flexibility index (Phi) is 7.73. The Balaban J connectivity index is 1.75. The number of amides is 1. The van der Waals surface area contributed by atoms with Gasteiger partial charge in [-0.1, -0.05) is 45.0 Å². The molecule has 134 valence electrons. The molecule has 0 bridgehead atoms. The largest absolute Gasteiger partial charge is 0.379 e. The molecule has 1 heterocycles. The van der Waals surface area contributed by atoms with Gasteiger partial charge in [0.2, 0.25) is 5.91 Å². The zero-order valence-corrected chi connectivity index (χ0v) is 15.4. The van der Waals surface area contributed by atoms with E-state index >= 15 is 0 Å². The second kappa shape index (κ2) is 9.80. The number of hydrogen-bond donors (Lipinski definition) is 1. The van der Waals surface area contributed by atoms with Gasteiger partial charge < -0.3 is 10.1 Å². The van der Waals surface area contributed by atoms with Gasteiger partial charge in [0.15, 0.2) is 0 Å². The van der Waals surface area contributed by atoms with Crippen molar-refractivity contribution in [3.8, 4) is 0 Å².